The highest BCUT2D eigenvalue weighted by molar-refractivity contribution is 5.66. The van der Waals surface area contributed by atoms with E-state index in [1.165, 1.54) is 0 Å². The zero-order chi connectivity index (χ0) is 12.6. The third-order valence-electron chi connectivity index (χ3n) is 3.60. The Morgan fingerprint density at radius 2 is 2.06 bits per heavy atom. The van der Waals surface area contributed by atoms with Crippen LogP contribution in [0.3, 0.4) is 0 Å². The Labute approximate surface area is 102 Å². The first-order valence-corrected chi connectivity index (χ1v) is 6.17. The molecule has 96 valence electrons. The second-order valence-electron chi connectivity index (χ2n) is 5.28. The summed E-state index contributed by atoms with van der Waals surface area (Å²) in [7, 11) is 1.92. The maximum absolute atomic E-state index is 10.1. The molecule has 2 heterocycles. The summed E-state index contributed by atoms with van der Waals surface area (Å²) in [6.45, 7) is 5.59. The fourth-order valence-corrected chi connectivity index (χ4v) is 2.51. The summed E-state index contributed by atoms with van der Waals surface area (Å²) in [5.41, 5.74) is 7.15. The Hall–Kier alpha value is -1.23. The van der Waals surface area contributed by atoms with Gasteiger partial charge in [-0.25, -0.2) is 0 Å². The van der Waals surface area contributed by atoms with Gasteiger partial charge in [0.2, 0.25) is 0 Å². The van der Waals surface area contributed by atoms with E-state index in [-0.39, 0.29) is 0 Å². The molecule has 1 fully saturated rings. The van der Waals surface area contributed by atoms with E-state index in [0.717, 1.165) is 49.6 Å². The molecule has 5 nitrogen and oxygen atoms in total. The van der Waals surface area contributed by atoms with Crippen LogP contribution in [0.5, 0.6) is 0 Å². The third-order valence-corrected chi connectivity index (χ3v) is 3.60. The summed E-state index contributed by atoms with van der Waals surface area (Å²) in [4.78, 5) is 2.23. The van der Waals surface area contributed by atoms with Gasteiger partial charge in [-0.05, 0) is 33.1 Å². The summed E-state index contributed by atoms with van der Waals surface area (Å²) < 4.78 is 1.84. The number of nitrogens with two attached hydrogens (primary N) is 1. The van der Waals surface area contributed by atoms with Crippen molar-refractivity contribution >= 4 is 11.5 Å². The van der Waals surface area contributed by atoms with Gasteiger partial charge in [-0.3, -0.25) is 4.68 Å². The van der Waals surface area contributed by atoms with Gasteiger partial charge in [-0.1, -0.05) is 0 Å². The lowest BCUT2D eigenvalue weighted by Gasteiger charge is -2.24. The lowest BCUT2D eigenvalue weighted by Crippen LogP contribution is -2.30. The van der Waals surface area contributed by atoms with Crippen molar-refractivity contribution in [3.63, 3.8) is 0 Å². The first-order chi connectivity index (χ1) is 7.91. The minimum atomic E-state index is -0.544. The van der Waals surface area contributed by atoms with Gasteiger partial charge in [-0.2, -0.15) is 5.10 Å². The molecule has 5 heteroatoms. The summed E-state index contributed by atoms with van der Waals surface area (Å²) in [6, 6.07) is 0. The summed E-state index contributed by atoms with van der Waals surface area (Å²) in [5.74, 6) is 0.986. The first kappa shape index (κ1) is 12.2. The van der Waals surface area contributed by atoms with Crippen LogP contribution in [0.15, 0.2) is 0 Å². The van der Waals surface area contributed by atoms with E-state index in [1.807, 2.05) is 25.6 Å². The molecule has 0 radical (unpaired) electrons. The van der Waals surface area contributed by atoms with Crippen LogP contribution in [-0.4, -0.2) is 33.6 Å². The molecule has 17 heavy (non-hydrogen) atoms. The van der Waals surface area contributed by atoms with Gasteiger partial charge in [-0.15, -0.1) is 0 Å². The van der Waals surface area contributed by atoms with Crippen LogP contribution >= 0.6 is 0 Å². The monoisotopic (exact) mass is 238 g/mol. The molecule has 0 spiro atoms. The van der Waals surface area contributed by atoms with Gasteiger partial charge in [0.1, 0.15) is 5.82 Å². The smallest absolute Gasteiger partial charge is 0.150 e. The van der Waals surface area contributed by atoms with E-state index >= 15 is 0 Å². The molecule has 3 N–H and O–H groups in total. The van der Waals surface area contributed by atoms with Crippen molar-refractivity contribution < 1.29 is 5.11 Å². The minimum Gasteiger partial charge on any atom is -0.394 e. The molecule has 0 aromatic carbocycles. The molecule has 1 aliphatic heterocycles. The largest absolute Gasteiger partial charge is 0.394 e. The van der Waals surface area contributed by atoms with Gasteiger partial charge < -0.3 is 15.7 Å². The number of nitrogens with zero attached hydrogens (tertiary/aromatic N) is 3. The number of hydrogen-bond acceptors (Lipinski definition) is 4. The van der Waals surface area contributed by atoms with Crippen molar-refractivity contribution in [3.05, 3.63) is 5.69 Å². The number of aliphatic hydroxyl groups is 1. The van der Waals surface area contributed by atoms with Gasteiger partial charge in [0.05, 0.1) is 17.0 Å². The first-order valence-electron chi connectivity index (χ1n) is 6.17. The number of aromatic nitrogens is 2. The quantitative estimate of drug-likeness (QED) is 0.767. The van der Waals surface area contributed by atoms with Crippen LogP contribution in [-0.2, 0) is 7.05 Å². The zero-order valence-electron chi connectivity index (χ0n) is 10.9. The van der Waals surface area contributed by atoms with Crippen LogP contribution < -0.4 is 10.6 Å². The Kier molecular flexibility index (Phi) is 3.03. The molecular weight excluding hydrogens is 216 g/mol. The molecule has 1 aliphatic rings. The predicted octanol–water partition coefficient (Wildman–Crippen LogP) is 1.05. The van der Waals surface area contributed by atoms with Crippen LogP contribution in [0.2, 0.25) is 0 Å². The number of hydrogen-bond donors (Lipinski definition) is 2. The third kappa shape index (κ3) is 2.39. The molecule has 0 aliphatic carbocycles. The predicted molar refractivity (Wildman–Crippen MR) is 69.0 cm³/mol. The van der Waals surface area contributed by atoms with E-state index in [9.17, 15) is 5.11 Å². The van der Waals surface area contributed by atoms with Crippen molar-refractivity contribution in [1.82, 2.24) is 9.78 Å². The average Bonchev–Trinajstić information content (AvgIpc) is 2.40. The standard InChI is InChI=1S/C12H22N4O/c1-9-10(13)11(15(3)14-9)16-7-4-5-12(2,17)6-8-16/h17H,4-8,13H2,1-3H3. The van der Waals surface area contributed by atoms with Crippen LogP contribution in [0, 0.1) is 6.92 Å². The fraction of sp³-hybridized carbons (Fsp3) is 0.750. The summed E-state index contributed by atoms with van der Waals surface area (Å²) in [5, 5.41) is 14.4. The average molecular weight is 238 g/mol. The Balaban J connectivity index is 2.23. The van der Waals surface area contributed by atoms with Gasteiger partial charge in [0.25, 0.3) is 0 Å². The molecule has 1 saturated heterocycles. The SMILES string of the molecule is Cc1nn(C)c(N2CCCC(C)(O)CC2)c1N. The van der Waals surface area contributed by atoms with Crippen LogP contribution in [0.1, 0.15) is 31.9 Å². The number of nitrogen functional groups attached to an aromatic ring is 1. The highest BCUT2D eigenvalue weighted by atomic mass is 16.3. The molecular formula is C12H22N4O. The van der Waals surface area contributed by atoms with E-state index in [2.05, 4.69) is 10.00 Å². The molecule has 0 saturated carbocycles. The summed E-state index contributed by atoms with van der Waals surface area (Å²) >= 11 is 0. The molecule has 0 bridgehead atoms. The van der Waals surface area contributed by atoms with Crippen LogP contribution in [0.25, 0.3) is 0 Å². The van der Waals surface area contributed by atoms with E-state index in [0.29, 0.717) is 0 Å². The van der Waals surface area contributed by atoms with Gasteiger partial charge >= 0.3 is 0 Å². The molecule has 0 amide bonds. The minimum absolute atomic E-state index is 0.544. The lowest BCUT2D eigenvalue weighted by molar-refractivity contribution is 0.0481. The van der Waals surface area contributed by atoms with Gasteiger partial charge in [0, 0.05) is 20.1 Å². The molecule has 1 aromatic rings. The second-order valence-corrected chi connectivity index (χ2v) is 5.28. The normalized spacial score (nSPS) is 26.0. The van der Waals surface area contributed by atoms with Gasteiger partial charge in [0.15, 0.2) is 0 Å². The molecule has 2 rings (SSSR count). The highest BCUT2D eigenvalue weighted by Crippen LogP contribution is 2.30. The van der Waals surface area contributed by atoms with Crippen molar-refractivity contribution in [2.24, 2.45) is 7.05 Å². The Morgan fingerprint density at radius 3 is 2.65 bits per heavy atom. The van der Waals surface area contributed by atoms with Crippen molar-refractivity contribution in [2.75, 3.05) is 23.7 Å². The van der Waals surface area contributed by atoms with E-state index < -0.39 is 5.60 Å². The zero-order valence-corrected chi connectivity index (χ0v) is 10.9. The van der Waals surface area contributed by atoms with Crippen molar-refractivity contribution in [1.29, 1.82) is 0 Å². The lowest BCUT2D eigenvalue weighted by atomic mass is 9.98. The fourth-order valence-electron chi connectivity index (χ4n) is 2.51. The molecule has 1 unspecified atom stereocenters. The van der Waals surface area contributed by atoms with Crippen LogP contribution in [0.4, 0.5) is 11.5 Å². The topological polar surface area (TPSA) is 67.3 Å². The second kappa shape index (κ2) is 4.22. The van der Waals surface area contributed by atoms with Crippen molar-refractivity contribution in [2.45, 2.75) is 38.7 Å². The molecule has 1 atom stereocenters. The van der Waals surface area contributed by atoms with E-state index in [1.54, 1.807) is 0 Å². The van der Waals surface area contributed by atoms with E-state index in [4.69, 9.17) is 5.73 Å². The number of aryl methyl sites for hydroxylation is 2. The number of rotatable bonds is 1. The number of anilines is 2. The highest BCUT2D eigenvalue weighted by Gasteiger charge is 2.27. The maximum atomic E-state index is 10.1. The Bertz CT molecular complexity index is 411. The molecule has 1 aromatic heterocycles. The Morgan fingerprint density at radius 1 is 1.35 bits per heavy atom. The summed E-state index contributed by atoms with van der Waals surface area (Å²) in [6.07, 6.45) is 2.60. The van der Waals surface area contributed by atoms with Crippen molar-refractivity contribution in [3.8, 4) is 0 Å². The maximum Gasteiger partial charge on any atom is 0.150 e.